The average molecular weight is 378 g/mol. The summed E-state index contributed by atoms with van der Waals surface area (Å²) in [5.41, 5.74) is 21.3. The zero-order chi connectivity index (χ0) is 19.9. The minimum atomic E-state index is -0.697. The van der Waals surface area contributed by atoms with Crippen molar-refractivity contribution in [3.63, 3.8) is 0 Å². The fourth-order valence-electron chi connectivity index (χ4n) is 5.24. The highest BCUT2D eigenvalue weighted by molar-refractivity contribution is 5.96. The van der Waals surface area contributed by atoms with Crippen LogP contribution in [0.15, 0.2) is 72.8 Å². The first-order valence-corrected chi connectivity index (χ1v) is 9.48. The standard InChI is InChI=1S/C25H18N2O2/c26-13-1-5-17-19-7-3-15(28)11-23(19)25(21(17)9-13)22-10-14(27)2-6-18(22)20-8-4-16(29)12-24(20)25/h1-12,28-29H,26-27H2. The Balaban J connectivity index is 1.88. The fraction of sp³-hybridized carbons (Fsp3) is 0.0400. The quantitative estimate of drug-likeness (QED) is 0.291. The summed E-state index contributed by atoms with van der Waals surface area (Å²) in [6, 6.07) is 22.8. The normalized spacial score (nSPS) is 14.3. The van der Waals surface area contributed by atoms with E-state index >= 15 is 0 Å². The van der Waals surface area contributed by atoms with Gasteiger partial charge in [0.05, 0.1) is 5.41 Å². The van der Waals surface area contributed by atoms with Crippen molar-refractivity contribution in [3.8, 4) is 33.8 Å². The molecule has 4 aromatic rings. The van der Waals surface area contributed by atoms with E-state index in [9.17, 15) is 10.2 Å². The molecule has 4 aromatic carbocycles. The number of hydrogen-bond donors (Lipinski definition) is 4. The highest BCUT2D eigenvalue weighted by Gasteiger charge is 2.52. The molecule has 2 aliphatic rings. The van der Waals surface area contributed by atoms with Crippen LogP contribution in [-0.2, 0) is 5.41 Å². The van der Waals surface area contributed by atoms with Gasteiger partial charge >= 0.3 is 0 Å². The second-order valence-corrected chi connectivity index (χ2v) is 7.82. The number of nitrogens with two attached hydrogens (primary N) is 2. The second kappa shape index (κ2) is 5.11. The number of phenolic OH excluding ortho intramolecular Hbond substituents is 2. The van der Waals surface area contributed by atoms with Crippen molar-refractivity contribution in [2.24, 2.45) is 0 Å². The first kappa shape index (κ1) is 16.1. The number of phenols is 2. The Morgan fingerprint density at radius 1 is 0.483 bits per heavy atom. The topological polar surface area (TPSA) is 92.5 Å². The lowest BCUT2D eigenvalue weighted by Gasteiger charge is -2.30. The SMILES string of the molecule is Nc1ccc2c(c1)C1(c3cc(N)ccc3-c3ccc(O)cc31)c1cc(O)ccc1-2. The number of hydrogen-bond acceptors (Lipinski definition) is 4. The third kappa shape index (κ3) is 1.83. The Bertz CT molecular complexity index is 1150. The Labute approximate surface area is 167 Å². The minimum absolute atomic E-state index is 0.197. The molecule has 6 rings (SSSR count). The maximum absolute atomic E-state index is 10.4. The highest BCUT2D eigenvalue weighted by atomic mass is 16.3. The van der Waals surface area contributed by atoms with Gasteiger partial charge in [0.25, 0.3) is 0 Å². The van der Waals surface area contributed by atoms with E-state index in [0.717, 1.165) is 44.5 Å². The summed E-state index contributed by atoms with van der Waals surface area (Å²) in [6.07, 6.45) is 0. The monoisotopic (exact) mass is 378 g/mol. The molecular formula is C25H18N2O2. The molecule has 0 bridgehead atoms. The van der Waals surface area contributed by atoms with E-state index in [4.69, 9.17) is 11.5 Å². The van der Waals surface area contributed by atoms with Gasteiger partial charge in [-0.25, -0.2) is 0 Å². The van der Waals surface area contributed by atoms with Gasteiger partial charge in [-0.1, -0.05) is 24.3 Å². The van der Waals surface area contributed by atoms with E-state index in [-0.39, 0.29) is 11.5 Å². The Morgan fingerprint density at radius 3 is 1.24 bits per heavy atom. The minimum Gasteiger partial charge on any atom is -0.508 e. The lowest BCUT2D eigenvalue weighted by molar-refractivity contribution is 0.473. The molecule has 4 heteroatoms. The van der Waals surface area contributed by atoms with Gasteiger partial charge in [-0.3, -0.25) is 0 Å². The molecule has 2 aliphatic carbocycles. The molecule has 0 atom stereocenters. The van der Waals surface area contributed by atoms with Crippen LogP contribution in [0.2, 0.25) is 0 Å². The van der Waals surface area contributed by atoms with Gasteiger partial charge in [-0.2, -0.15) is 0 Å². The summed E-state index contributed by atoms with van der Waals surface area (Å²) in [5, 5.41) is 20.8. The molecule has 1 spiro atoms. The average Bonchev–Trinajstić information content (AvgIpc) is 3.13. The molecule has 6 N–H and O–H groups in total. The molecular weight excluding hydrogens is 360 g/mol. The number of rotatable bonds is 0. The van der Waals surface area contributed by atoms with E-state index in [1.54, 1.807) is 12.1 Å². The lowest BCUT2D eigenvalue weighted by atomic mass is 9.70. The van der Waals surface area contributed by atoms with Crippen molar-refractivity contribution in [3.05, 3.63) is 95.1 Å². The van der Waals surface area contributed by atoms with Crippen LogP contribution in [0.5, 0.6) is 11.5 Å². The zero-order valence-corrected chi connectivity index (χ0v) is 15.5. The van der Waals surface area contributed by atoms with Crippen molar-refractivity contribution in [2.45, 2.75) is 5.41 Å². The van der Waals surface area contributed by atoms with Crippen LogP contribution in [0.4, 0.5) is 11.4 Å². The maximum Gasteiger partial charge on any atom is 0.115 e. The Morgan fingerprint density at radius 2 is 0.828 bits per heavy atom. The van der Waals surface area contributed by atoms with Gasteiger partial charge in [0.2, 0.25) is 0 Å². The fourth-order valence-corrected chi connectivity index (χ4v) is 5.24. The molecule has 0 unspecified atom stereocenters. The van der Waals surface area contributed by atoms with E-state index in [0.29, 0.717) is 11.4 Å². The van der Waals surface area contributed by atoms with E-state index in [1.165, 1.54) is 0 Å². The summed E-state index contributed by atoms with van der Waals surface area (Å²) in [5.74, 6) is 0.394. The maximum atomic E-state index is 10.4. The molecule has 0 aliphatic heterocycles. The molecule has 0 radical (unpaired) electrons. The van der Waals surface area contributed by atoms with E-state index < -0.39 is 5.41 Å². The summed E-state index contributed by atoms with van der Waals surface area (Å²) in [7, 11) is 0. The van der Waals surface area contributed by atoms with E-state index in [1.807, 2.05) is 60.7 Å². The molecule has 0 heterocycles. The van der Waals surface area contributed by atoms with Crippen molar-refractivity contribution in [2.75, 3.05) is 11.5 Å². The third-order valence-electron chi connectivity index (χ3n) is 6.29. The van der Waals surface area contributed by atoms with Gasteiger partial charge in [-0.05, 0) is 93.0 Å². The van der Waals surface area contributed by atoms with Crippen molar-refractivity contribution in [1.82, 2.24) is 0 Å². The van der Waals surface area contributed by atoms with Gasteiger partial charge in [-0.15, -0.1) is 0 Å². The first-order chi connectivity index (χ1) is 14.0. The molecule has 0 amide bonds. The molecule has 0 saturated heterocycles. The largest absolute Gasteiger partial charge is 0.508 e. The van der Waals surface area contributed by atoms with Crippen molar-refractivity contribution in [1.29, 1.82) is 0 Å². The number of benzene rings is 4. The van der Waals surface area contributed by atoms with Crippen LogP contribution in [-0.4, -0.2) is 10.2 Å². The van der Waals surface area contributed by atoms with Crippen LogP contribution in [0.3, 0.4) is 0 Å². The molecule has 4 nitrogen and oxygen atoms in total. The summed E-state index contributed by atoms with van der Waals surface area (Å²) in [4.78, 5) is 0. The number of aromatic hydroxyl groups is 2. The number of fused-ring (bicyclic) bond motifs is 10. The smallest absolute Gasteiger partial charge is 0.115 e. The van der Waals surface area contributed by atoms with Gasteiger partial charge < -0.3 is 21.7 Å². The van der Waals surface area contributed by atoms with Gasteiger partial charge in [0.1, 0.15) is 11.5 Å². The first-order valence-electron chi connectivity index (χ1n) is 9.48. The molecule has 29 heavy (non-hydrogen) atoms. The van der Waals surface area contributed by atoms with Gasteiger partial charge in [0, 0.05) is 11.4 Å². The number of nitrogen functional groups attached to an aromatic ring is 2. The predicted molar refractivity (Wildman–Crippen MR) is 115 cm³/mol. The molecule has 0 aromatic heterocycles. The van der Waals surface area contributed by atoms with Crippen molar-refractivity contribution < 1.29 is 10.2 Å². The van der Waals surface area contributed by atoms with Crippen molar-refractivity contribution >= 4 is 11.4 Å². The van der Waals surface area contributed by atoms with Crippen LogP contribution >= 0.6 is 0 Å². The molecule has 140 valence electrons. The summed E-state index contributed by atoms with van der Waals surface area (Å²) < 4.78 is 0. The van der Waals surface area contributed by atoms with Crippen LogP contribution in [0.1, 0.15) is 22.3 Å². The predicted octanol–water partition coefficient (Wildman–Crippen LogP) is 4.61. The summed E-state index contributed by atoms with van der Waals surface area (Å²) >= 11 is 0. The number of anilines is 2. The zero-order valence-electron chi connectivity index (χ0n) is 15.5. The highest BCUT2D eigenvalue weighted by Crippen LogP contribution is 2.63. The van der Waals surface area contributed by atoms with Crippen LogP contribution in [0.25, 0.3) is 22.3 Å². The van der Waals surface area contributed by atoms with Gasteiger partial charge in [0.15, 0.2) is 0 Å². The van der Waals surface area contributed by atoms with E-state index in [2.05, 4.69) is 0 Å². The van der Waals surface area contributed by atoms with Crippen LogP contribution < -0.4 is 11.5 Å². The van der Waals surface area contributed by atoms with Crippen LogP contribution in [0, 0.1) is 0 Å². The summed E-state index contributed by atoms with van der Waals surface area (Å²) in [6.45, 7) is 0. The lowest BCUT2D eigenvalue weighted by Crippen LogP contribution is -2.26. The Kier molecular flexibility index (Phi) is 2.83. The second-order valence-electron chi connectivity index (χ2n) is 7.82. The third-order valence-corrected chi connectivity index (χ3v) is 6.29. The molecule has 0 saturated carbocycles. The Hall–Kier alpha value is -3.92. The molecule has 0 fully saturated rings.